The number of benzene rings is 2. The maximum absolute atomic E-state index is 13.7. The third kappa shape index (κ3) is 5.28. The van der Waals surface area contributed by atoms with E-state index in [-0.39, 0.29) is 11.5 Å². The Morgan fingerprint density at radius 1 is 1.15 bits per heavy atom. The number of fused-ring (bicyclic) bond motifs is 1. The number of carbonyl (C=O) groups is 1. The van der Waals surface area contributed by atoms with E-state index in [0.29, 0.717) is 28.9 Å². The molecule has 1 N–H and O–H groups in total. The molecule has 34 heavy (non-hydrogen) atoms. The Balaban J connectivity index is 0.00000158. The van der Waals surface area contributed by atoms with Crippen LogP contribution in [0.15, 0.2) is 65.5 Å². The van der Waals surface area contributed by atoms with E-state index in [4.69, 9.17) is 9.72 Å². The molecule has 0 atom stereocenters. The van der Waals surface area contributed by atoms with Crippen LogP contribution in [0.25, 0.3) is 16.6 Å². The van der Waals surface area contributed by atoms with E-state index in [2.05, 4.69) is 5.32 Å². The fourth-order valence-electron chi connectivity index (χ4n) is 3.80. The quantitative estimate of drug-likeness (QED) is 0.340. The number of ether oxygens (including phenoxy) is 1. The largest absolute Gasteiger partial charge is 0.465 e. The maximum atomic E-state index is 13.7. The highest BCUT2D eigenvalue weighted by molar-refractivity contribution is 5.91. The highest BCUT2D eigenvalue weighted by Gasteiger charge is 2.30. The second-order valence-electron chi connectivity index (χ2n) is 7.84. The molecule has 0 bridgehead atoms. The Morgan fingerprint density at radius 3 is 2.44 bits per heavy atom. The lowest BCUT2D eigenvalue weighted by Gasteiger charge is -2.16. The summed E-state index contributed by atoms with van der Waals surface area (Å²) < 4.78 is 6.51. The third-order valence-corrected chi connectivity index (χ3v) is 5.62. The molecule has 0 spiro atoms. The minimum Gasteiger partial charge on any atom is -0.465 e. The molecule has 1 aliphatic rings. The van der Waals surface area contributed by atoms with Gasteiger partial charge in [-0.05, 0) is 62.6 Å². The van der Waals surface area contributed by atoms with Crippen LogP contribution in [0.3, 0.4) is 0 Å². The molecular formula is C28H33N3O3. The van der Waals surface area contributed by atoms with Crippen LogP contribution in [0.2, 0.25) is 0 Å². The Morgan fingerprint density at radius 2 is 1.85 bits per heavy atom. The summed E-state index contributed by atoms with van der Waals surface area (Å²) in [5, 5.41) is 3.96. The topological polar surface area (TPSA) is 73.2 Å². The number of hydrogen-bond acceptors (Lipinski definition) is 5. The summed E-state index contributed by atoms with van der Waals surface area (Å²) in [5.74, 6) is 0.805. The fourth-order valence-corrected chi connectivity index (χ4v) is 3.80. The lowest BCUT2D eigenvalue weighted by atomic mass is 10.1. The van der Waals surface area contributed by atoms with Crippen molar-refractivity contribution < 1.29 is 9.53 Å². The first kappa shape index (κ1) is 25.0. The highest BCUT2D eigenvalue weighted by Crippen LogP contribution is 2.40. The van der Waals surface area contributed by atoms with Gasteiger partial charge in [-0.3, -0.25) is 9.36 Å². The minimum atomic E-state index is -0.363. The van der Waals surface area contributed by atoms with Crippen molar-refractivity contribution in [2.75, 3.05) is 12.4 Å². The molecule has 1 aliphatic carbocycles. The van der Waals surface area contributed by atoms with Gasteiger partial charge in [0.25, 0.3) is 5.56 Å². The SMILES string of the molecule is C/C=C\C(=C/C)n1c(C2CC2)nc2cccc(NCc3ccc(C(=O)OC)cc3)c2c1=O.CC. The van der Waals surface area contributed by atoms with E-state index in [1.54, 1.807) is 16.7 Å². The maximum Gasteiger partial charge on any atom is 0.337 e. The predicted octanol–water partition coefficient (Wildman–Crippen LogP) is 6.14. The molecule has 4 rings (SSSR count). The second kappa shape index (κ2) is 11.5. The summed E-state index contributed by atoms with van der Waals surface area (Å²) in [5.41, 5.74) is 3.71. The normalized spacial score (nSPS) is 13.5. The molecule has 2 aromatic carbocycles. The summed E-state index contributed by atoms with van der Waals surface area (Å²) in [6.45, 7) is 8.39. The van der Waals surface area contributed by atoms with Crippen molar-refractivity contribution >= 4 is 28.3 Å². The molecule has 3 aromatic rings. The van der Waals surface area contributed by atoms with E-state index >= 15 is 0 Å². The number of allylic oxidation sites excluding steroid dienone is 4. The van der Waals surface area contributed by atoms with Crippen molar-refractivity contribution in [1.82, 2.24) is 9.55 Å². The van der Waals surface area contributed by atoms with Gasteiger partial charge in [0.15, 0.2) is 0 Å². The first-order valence-electron chi connectivity index (χ1n) is 11.8. The summed E-state index contributed by atoms with van der Waals surface area (Å²) >= 11 is 0. The first-order valence-corrected chi connectivity index (χ1v) is 11.8. The molecule has 1 fully saturated rings. The van der Waals surface area contributed by atoms with E-state index < -0.39 is 0 Å². The van der Waals surface area contributed by atoms with Gasteiger partial charge in [-0.25, -0.2) is 9.78 Å². The number of nitrogens with zero attached hydrogens (tertiary/aromatic N) is 2. The van der Waals surface area contributed by atoms with Crippen molar-refractivity contribution in [3.8, 4) is 0 Å². The number of methoxy groups -OCH3 is 1. The van der Waals surface area contributed by atoms with Crippen molar-refractivity contribution in [2.45, 2.75) is 53.0 Å². The van der Waals surface area contributed by atoms with Gasteiger partial charge >= 0.3 is 5.97 Å². The van der Waals surface area contributed by atoms with Crippen LogP contribution in [-0.4, -0.2) is 22.6 Å². The molecule has 0 unspecified atom stereocenters. The van der Waals surface area contributed by atoms with E-state index in [9.17, 15) is 9.59 Å². The molecule has 0 radical (unpaired) electrons. The second-order valence-corrected chi connectivity index (χ2v) is 7.84. The number of carbonyl (C=O) groups excluding carboxylic acids is 1. The Hall–Kier alpha value is -3.67. The van der Waals surface area contributed by atoms with Crippen LogP contribution in [0.1, 0.15) is 68.2 Å². The first-order chi connectivity index (χ1) is 16.6. The van der Waals surface area contributed by atoms with Gasteiger partial charge < -0.3 is 10.1 Å². The van der Waals surface area contributed by atoms with Gasteiger partial charge in [0.1, 0.15) is 5.82 Å². The molecular weight excluding hydrogens is 426 g/mol. The van der Waals surface area contributed by atoms with Gasteiger partial charge in [-0.15, -0.1) is 0 Å². The van der Waals surface area contributed by atoms with Crippen molar-refractivity contribution in [1.29, 1.82) is 0 Å². The number of aromatic nitrogens is 2. The van der Waals surface area contributed by atoms with Crippen LogP contribution in [0, 0.1) is 0 Å². The van der Waals surface area contributed by atoms with Gasteiger partial charge in [-0.1, -0.05) is 44.2 Å². The van der Waals surface area contributed by atoms with Crippen molar-refractivity contribution in [3.05, 3.63) is 88.0 Å². The summed E-state index contributed by atoms with van der Waals surface area (Å²) in [6, 6.07) is 12.9. The zero-order valence-electron chi connectivity index (χ0n) is 20.6. The van der Waals surface area contributed by atoms with E-state index in [1.165, 1.54) is 7.11 Å². The number of rotatable bonds is 7. The summed E-state index contributed by atoms with van der Waals surface area (Å²) in [6.07, 6.45) is 7.94. The Labute approximate surface area is 201 Å². The van der Waals surface area contributed by atoms with Gasteiger partial charge in [-0.2, -0.15) is 0 Å². The molecule has 0 amide bonds. The highest BCUT2D eigenvalue weighted by atomic mass is 16.5. The number of hydrogen-bond donors (Lipinski definition) is 1. The standard InChI is InChI=1S/C26H27N3O3.C2H6/c1-4-7-20(5-2)29-24(18-14-15-18)28-22-9-6-8-21(23(22)25(29)30)27-16-17-10-12-19(13-11-17)26(31)32-3;1-2/h4-13,18,27H,14-16H2,1-3H3;1-2H3/b7-4-,20-5+;. The third-order valence-electron chi connectivity index (χ3n) is 5.62. The zero-order chi connectivity index (χ0) is 24.7. The smallest absolute Gasteiger partial charge is 0.337 e. The van der Waals surface area contributed by atoms with Crippen LogP contribution in [0.5, 0.6) is 0 Å². The summed E-state index contributed by atoms with van der Waals surface area (Å²) in [7, 11) is 1.36. The molecule has 0 aliphatic heterocycles. The predicted molar refractivity (Wildman–Crippen MR) is 139 cm³/mol. The lowest BCUT2D eigenvalue weighted by molar-refractivity contribution is 0.0600. The molecule has 0 saturated heterocycles. The van der Waals surface area contributed by atoms with Crippen LogP contribution < -0.4 is 10.9 Å². The average molecular weight is 460 g/mol. The lowest BCUT2D eigenvalue weighted by Crippen LogP contribution is -2.25. The fraction of sp³-hybridized carbons (Fsp3) is 0.321. The molecule has 178 valence electrons. The Bertz CT molecular complexity index is 1270. The van der Waals surface area contributed by atoms with Crippen molar-refractivity contribution in [3.63, 3.8) is 0 Å². The van der Waals surface area contributed by atoms with Crippen LogP contribution in [-0.2, 0) is 11.3 Å². The zero-order valence-corrected chi connectivity index (χ0v) is 20.6. The molecule has 1 saturated carbocycles. The molecule has 6 nitrogen and oxygen atoms in total. The monoisotopic (exact) mass is 459 g/mol. The van der Waals surface area contributed by atoms with Gasteiger partial charge in [0.2, 0.25) is 0 Å². The summed E-state index contributed by atoms with van der Waals surface area (Å²) in [4.78, 5) is 30.2. The Kier molecular flexibility index (Phi) is 8.41. The number of esters is 1. The van der Waals surface area contributed by atoms with E-state index in [0.717, 1.165) is 35.6 Å². The van der Waals surface area contributed by atoms with Crippen LogP contribution >= 0.6 is 0 Å². The van der Waals surface area contributed by atoms with E-state index in [1.807, 2.05) is 76.3 Å². The molecule has 6 heteroatoms. The number of anilines is 1. The van der Waals surface area contributed by atoms with Gasteiger partial charge in [0, 0.05) is 23.8 Å². The number of nitrogens with one attached hydrogen (secondary N) is 1. The van der Waals surface area contributed by atoms with Crippen molar-refractivity contribution in [2.24, 2.45) is 0 Å². The molecule has 1 aromatic heterocycles. The van der Waals surface area contributed by atoms with Crippen LogP contribution in [0.4, 0.5) is 5.69 Å². The van der Waals surface area contributed by atoms with Gasteiger partial charge in [0.05, 0.1) is 23.6 Å². The minimum absolute atomic E-state index is 0.0627. The molecule has 1 heterocycles. The average Bonchev–Trinajstić information content (AvgIpc) is 3.73.